The molecule has 1 aromatic heterocycles. The van der Waals surface area contributed by atoms with Crippen LogP contribution < -0.4 is 24.8 Å². The fourth-order valence-electron chi connectivity index (χ4n) is 3.36. The first-order valence-corrected chi connectivity index (χ1v) is 11.0. The Bertz CT molecular complexity index is 1110. The molecule has 1 aliphatic heterocycles. The Hall–Kier alpha value is -3.59. The molecule has 0 saturated carbocycles. The largest absolute Gasteiger partial charge is 0.497 e. The quantitative estimate of drug-likeness (QED) is 0.565. The van der Waals surface area contributed by atoms with Gasteiger partial charge in [-0.15, -0.1) is 11.3 Å². The summed E-state index contributed by atoms with van der Waals surface area (Å²) < 4.78 is 16.3. The summed E-state index contributed by atoms with van der Waals surface area (Å²) in [6, 6.07) is 12.4. The van der Waals surface area contributed by atoms with Crippen molar-refractivity contribution in [2.45, 2.75) is 19.4 Å². The predicted octanol–water partition coefficient (Wildman–Crippen LogP) is 3.80. The highest BCUT2D eigenvalue weighted by molar-refractivity contribution is 7.14. The summed E-state index contributed by atoms with van der Waals surface area (Å²) in [5, 5.41) is 8.01. The van der Waals surface area contributed by atoms with Crippen molar-refractivity contribution < 1.29 is 23.8 Å². The molecule has 2 N–H and O–H groups in total. The maximum absolute atomic E-state index is 12.7. The summed E-state index contributed by atoms with van der Waals surface area (Å²) in [5.74, 6) is 1.64. The minimum atomic E-state index is -0.462. The Balaban J connectivity index is 1.43. The van der Waals surface area contributed by atoms with Crippen LogP contribution in [0.5, 0.6) is 17.2 Å². The lowest BCUT2D eigenvalue weighted by Gasteiger charge is -2.18. The molecular weight excluding hydrogens is 430 g/mol. The van der Waals surface area contributed by atoms with E-state index in [1.54, 1.807) is 19.2 Å². The molecule has 0 aliphatic carbocycles. The molecule has 0 radical (unpaired) electrons. The van der Waals surface area contributed by atoms with E-state index < -0.39 is 6.04 Å². The van der Waals surface area contributed by atoms with Crippen molar-refractivity contribution in [3.05, 3.63) is 53.4 Å². The maximum atomic E-state index is 12.7. The second kappa shape index (κ2) is 9.69. The molecule has 8 nitrogen and oxygen atoms in total. The highest BCUT2D eigenvalue weighted by Gasteiger charge is 2.19. The summed E-state index contributed by atoms with van der Waals surface area (Å²) in [5.41, 5.74) is 2.42. The van der Waals surface area contributed by atoms with Crippen LogP contribution in [0.3, 0.4) is 0 Å². The second-order valence-electron chi connectivity index (χ2n) is 7.17. The number of hydrogen-bond donors (Lipinski definition) is 2. The van der Waals surface area contributed by atoms with Crippen LogP contribution in [0, 0.1) is 0 Å². The molecule has 2 amide bonds. The Kier molecular flexibility index (Phi) is 6.55. The van der Waals surface area contributed by atoms with Crippen LogP contribution in [0.4, 0.5) is 5.13 Å². The highest BCUT2D eigenvalue weighted by Crippen LogP contribution is 2.35. The van der Waals surface area contributed by atoms with Gasteiger partial charge in [0.25, 0.3) is 0 Å². The molecule has 0 saturated heterocycles. The molecule has 166 valence electrons. The molecule has 3 aromatic rings. The average Bonchev–Trinajstić information content (AvgIpc) is 3.26. The van der Waals surface area contributed by atoms with Crippen molar-refractivity contribution in [3.63, 3.8) is 0 Å². The number of fused-ring (bicyclic) bond motifs is 1. The van der Waals surface area contributed by atoms with E-state index in [1.807, 2.05) is 35.7 Å². The number of hydrogen-bond acceptors (Lipinski definition) is 7. The summed E-state index contributed by atoms with van der Waals surface area (Å²) in [4.78, 5) is 28.9. The van der Waals surface area contributed by atoms with Crippen LogP contribution in [0.2, 0.25) is 0 Å². The Morgan fingerprint density at radius 2 is 1.88 bits per heavy atom. The van der Waals surface area contributed by atoms with Crippen molar-refractivity contribution in [1.82, 2.24) is 10.3 Å². The van der Waals surface area contributed by atoms with E-state index in [0.717, 1.165) is 16.8 Å². The lowest BCUT2D eigenvalue weighted by molar-refractivity contribution is -0.120. The minimum absolute atomic E-state index is 0.0743. The van der Waals surface area contributed by atoms with Crippen molar-refractivity contribution >= 4 is 28.3 Å². The number of carbonyl (C=O) groups is 2. The summed E-state index contributed by atoms with van der Waals surface area (Å²) in [7, 11) is 1.58. The standard InChI is InChI=1S/C23H23N3O5S/c1-14(27)24-18(15-3-6-17(29-2)7-4-15)12-22(28)26-23-25-19(13-32-23)16-5-8-20-21(11-16)31-10-9-30-20/h3-8,11,13,18H,9-10,12H2,1-2H3,(H,24,27)(H,25,26,28)/t18-/m0/s1. The molecule has 0 spiro atoms. The van der Waals surface area contributed by atoms with Gasteiger partial charge in [-0.3, -0.25) is 9.59 Å². The van der Waals surface area contributed by atoms with Crippen LogP contribution in [-0.4, -0.2) is 37.1 Å². The fourth-order valence-corrected chi connectivity index (χ4v) is 4.09. The van der Waals surface area contributed by atoms with E-state index >= 15 is 0 Å². The zero-order valence-electron chi connectivity index (χ0n) is 17.7. The number of aromatic nitrogens is 1. The highest BCUT2D eigenvalue weighted by atomic mass is 32.1. The van der Waals surface area contributed by atoms with Gasteiger partial charge < -0.3 is 24.8 Å². The first-order chi connectivity index (χ1) is 15.5. The summed E-state index contributed by atoms with van der Waals surface area (Å²) in [6.45, 7) is 2.47. The van der Waals surface area contributed by atoms with Gasteiger partial charge in [0.15, 0.2) is 16.6 Å². The number of nitrogens with zero attached hydrogens (tertiary/aromatic N) is 1. The number of amides is 2. The van der Waals surface area contributed by atoms with Gasteiger partial charge in [-0.05, 0) is 35.9 Å². The van der Waals surface area contributed by atoms with Gasteiger partial charge in [0.05, 0.1) is 25.3 Å². The first-order valence-electron chi connectivity index (χ1n) is 10.1. The van der Waals surface area contributed by atoms with Crippen LogP contribution in [0.1, 0.15) is 24.9 Å². The van der Waals surface area contributed by atoms with E-state index in [2.05, 4.69) is 15.6 Å². The molecule has 32 heavy (non-hydrogen) atoms. The average molecular weight is 454 g/mol. The van der Waals surface area contributed by atoms with Gasteiger partial charge in [-0.2, -0.15) is 0 Å². The third-order valence-electron chi connectivity index (χ3n) is 4.87. The summed E-state index contributed by atoms with van der Waals surface area (Å²) in [6.07, 6.45) is 0.0743. The number of rotatable bonds is 7. The number of nitrogens with one attached hydrogen (secondary N) is 2. The molecule has 2 aromatic carbocycles. The van der Waals surface area contributed by atoms with Crippen molar-refractivity contribution in [2.75, 3.05) is 25.6 Å². The van der Waals surface area contributed by atoms with E-state index in [-0.39, 0.29) is 18.2 Å². The lowest BCUT2D eigenvalue weighted by atomic mass is 10.0. The molecule has 4 rings (SSSR count). The molecule has 9 heteroatoms. The first kappa shape index (κ1) is 21.6. The molecule has 2 heterocycles. The van der Waals surface area contributed by atoms with Gasteiger partial charge in [-0.25, -0.2) is 4.98 Å². The smallest absolute Gasteiger partial charge is 0.228 e. The van der Waals surface area contributed by atoms with Crippen LogP contribution in [0.25, 0.3) is 11.3 Å². The zero-order chi connectivity index (χ0) is 22.5. The number of benzene rings is 2. The third kappa shape index (κ3) is 5.17. The van der Waals surface area contributed by atoms with Gasteiger partial charge >= 0.3 is 0 Å². The zero-order valence-corrected chi connectivity index (χ0v) is 18.5. The van der Waals surface area contributed by atoms with Gasteiger partial charge in [-0.1, -0.05) is 12.1 Å². The minimum Gasteiger partial charge on any atom is -0.497 e. The number of carbonyl (C=O) groups excluding carboxylic acids is 2. The molecule has 0 fully saturated rings. The van der Waals surface area contributed by atoms with Crippen molar-refractivity contribution in [2.24, 2.45) is 0 Å². The maximum Gasteiger partial charge on any atom is 0.228 e. The fraction of sp³-hybridized carbons (Fsp3) is 0.261. The van der Waals surface area contributed by atoms with Gasteiger partial charge in [0, 0.05) is 17.9 Å². The topological polar surface area (TPSA) is 98.8 Å². The third-order valence-corrected chi connectivity index (χ3v) is 5.63. The normalized spacial score (nSPS) is 13.2. The second-order valence-corrected chi connectivity index (χ2v) is 8.03. The SMILES string of the molecule is COc1ccc([C@H](CC(=O)Nc2nc(-c3ccc4c(c3)OCCO4)cs2)NC(C)=O)cc1. The Labute approximate surface area is 189 Å². The van der Waals surface area contributed by atoms with Gasteiger partial charge in [0.1, 0.15) is 19.0 Å². The lowest BCUT2D eigenvalue weighted by Crippen LogP contribution is -2.29. The van der Waals surface area contributed by atoms with Gasteiger partial charge in [0.2, 0.25) is 11.8 Å². The van der Waals surface area contributed by atoms with Crippen LogP contribution >= 0.6 is 11.3 Å². The Morgan fingerprint density at radius 3 is 2.59 bits per heavy atom. The van der Waals surface area contributed by atoms with E-state index in [1.165, 1.54) is 18.3 Å². The van der Waals surface area contributed by atoms with Crippen LogP contribution in [-0.2, 0) is 9.59 Å². The molecule has 1 atom stereocenters. The molecular formula is C23H23N3O5S. The van der Waals surface area contributed by atoms with E-state index in [0.29, 0.717) is 35.6 Å². The van der Waals surface area contributed by atoms with E-state index in [4.69, 9.17) is 14.2 Å². The Morgan fingerprint density at radius 1 is 1.12 bits per heavy atom. The predicted molar refractivity (Wildman–Crippen MR) is 121 cm³/mol. The van der Waals surface area contributed by atoms with Crippen molar-refractivity contribution in [3.8, 4) is 28.5 Å². The number of anilines is 1. The molecule has 0 bridgehead atoms. The van der Waals surface area contributed by atoms with Crippen LogP contribution in [0.15, 0.2) is 47.8 Å². The monoisotopic (exact) mass is 453 g/mol. The molecule has 1 aliphatic rings. The number of thiazole rings is 1. The van der Waals surface area contributed by atoms with Crippen molar-refractivity contribution in [1.29, 1.82) is 0 Å². The van der Waals surface area contributed by atoms with E-state index in [9.17, 15) is 9.59 Å². The molecule has 0 unspecified atom stereocenters. The summed E-state index contributed by atoms with van der Waals surface area (Å²) >= 11 is 1.33. The number of methoxy groups -OCH3 is 1. The number of ether oxygens (including phenoxy) is 3.